The Morgan fingerprint density at radius 1 is 1.41 bits per heavy atom. The van der Waals surface area contributed by atoms with Crippen molar-refractivity contribution in [2.45, 2.75) is 13.5 Å². The number of aromatic nitrogens is 3. The maximum Gasteiger partial charge on any atom is 0.347 e. The summed E-state index contributed by atoms with van der Waals surface area (Å²) in [5.74, 6) is 0.788. The fourth-order valence-corrected chi connectivity index (χ4v) is 1.58. The monoisotopic (exact) mass is 230 g/mol. The summed E-state index contributed by atoms with van der Waals surface area (Å²) in [7, 11) is 1.81. The molecule has 88 valence electrons. The van der Waals surface area contributed by atoms with Gasteiger partial charge in [-0.15, -0.1) is 0 Å². The molecule has 1 N–H and O–H groups in total. The van der Waals surface area contributed by atoms with E-state index < -0.39 is 0 Å². The minimum absolute atomic E-state index is 0.238. The molecule has 0 aliphatic heterocycles. The molecule has 2 heterocycles. The molecule has 0 aromatic carbocycles. The molecule has 0 aliphatic carbocycles. The zero-order valence-corrected chi connectivity index (χ0v) is 9.84. The Bertz CT molecular complexity index is 577. The number of rotatable bonds is 3. The third-order valence-electron chi connectivity index (χ3n) is 2.42. The molecule has 0 fully saturated rings. The fourth-order valence-electron chi connectivity index (χ4n) is 1.58. The average Bonchev–Trinajstić information content (AvgIpc) is 2.34. The second-order valence-corrected chi connectivity index (χ2v) is 3.84. The highest BCUT2D eigenvalue weighted by Gasteiger charge is 2.00. The Hall–Kier alpha value is -2.17. The molecule has 2 aromatic rings. The molecule has 0 saturated carbocycles. The number of pyridine rings is 1. The molecule has 2 aromatic heterocycles. The van der Waals surface area contributed by atoms with E-state index in [9.17, 15) is 4.79 Å². The number of aryl methyl sites for hydroxylation is 1. The van der Waals surface area contributed by atoms with Crippen LogP contribution in [0.25, 0.3) is 0 Å². The Labute approximate surface area is 99.2 Å². The molecule has 5 heteroatoms. The van der Waals surface area contributed by atoms with Crippen LogP contribution in [0.15, 0.2) is 35.5 Å². The topological polar surface area (TPSA) is 59.8 Å². The first-order valence-electron chi connectivity index (χ1n) is 5.35. The highest BCUT2D eigenvalue weighted by atomic mass is 16.1. The van der Waals surface area contributed by atoms with Crippen LogP contribution in [-0.2, 0) is 6.54 Å². The Kier molecular flexibility index (Phi) is 3.18. The van der Waals surface area contributed by atoms with Gasteiger partial charge in [-0.2, -0.15) is 0 Å². The van der Waals surface area contributed by atoms with Crippen molar-refractivity contribution in [2.24, 2.45) is 0 Å². The van der Waals surface area contributed by atoms with Crippen LogP contribution < -0.4 is 11.0 Å². The van der Waals surface area contributed by atoms with E-state index in [0.29, 0.717) is 6.54 Å². The van der Waals surface area contributed by atoms with E-state index in [-0.39, 0.29) is 5.69 Å². The summed E-state index contributed by atoms with van der Waals surface area (Å²) >= 11 is 0. The molecule has 0 atom stereocenters. The lowest BCUT2D eigenvalue weighted by atomic mass is 10.2. The molecule has 2 rings (SSSR count). The van der Waals surface area contributed by atoms with Gasteiger partial charge in [0.2, 0.25) is 0 Å². The molecule has 5 nitrogen and oxygen atoms in total. The molecule has 0 unspecified atom stereocenters. The van der Waals surface area contributed by atoms with Gasteiger partial charge < -0.3 is 5.32 Å². The molecule has 0 saturated heterocycles. The van der Waals surface area contributed by atoms with Crippen LogP contribution in [0.2, 0.25) is 0 Å². The highest BCUT2D eigenvalue weighted by Crippen LogP contribution is 2.07. The average molecular weight is 230 g/mol. The molecule has 0 spiro atoms. The summed E-state index contributed by atoms with van der Waals surface area (Å²) in [6.07, 6.45) is 5.09. The number of nitrogens with zero attached hydrogens (tertiary/aromatic N) is 3. The van der Waals surface area contributed by atoms with Gasteiger partial charge in [0.15, 0.2) is 0 Å². The van der Waals surface area contributed by atoms with Crippen LogP contribution in [0.1, 0.15) is 11.1 Å². The van der Waals surface area contributed by atoms with Crippen LogP contribution in [0.5, 0.6) is 0 Å². The van der Waals surface area contributed by atoms with E-state index in [2.05, 4.69) is 15.3 Å². The van der Waals surface area contributed by atoms with Crippen molar-refractivity contribution >= 4 is 5.82 Å². The van der Waals surface area contributed by atoms with E-state index in [1.54, 1.807) is 23.2 Å². The number of hydrogen-bond donors (Lipinski definition) is 1. The van der Waals surface area contributed by atoms with Crippen molar-refractivity contribution in [1.82, 2.24) is 14.5 Å². The van der Waals surface area contributed by atoms with Crippen molar-refractivity contribution in [3.8, 4) is 0 Å². The number of nitrogens with one attached hydrogen (secondary N) is 1. The lowest BCUT2D eigenvalue weighted by Gasteiger charge is -2.07. The van der Waals surface area contributed by atoms with Crippen LogP contribution in [0.4, 0.5) is 5.82 Å². The molecule has 0 aliphatic rings. The largest absolute Gasteiger partial charge is 0.373 e. The van der Waals surface area contributed by atoms with Gasteiger partial charge in [-0.1, -0.05) is 0 Å². The van der Waals surface area contributed by atoms with Gasteiger partial charge in [-0.3, -0.25) is 4.57 Å². The fraction of sp³-hybridized carbons (Fsp3) is 0.250. The van der Waals surface area contributed by atoms with E-state index in [4.69, 9.17) is 0 Å². The second-order valence-electron chi connectivity index (χ2n) is 3.84. The Morgan fingerprint density at radius 2 is 2.24 bits per heavy atom. The quantitative estimate of drug-likeness (QED) is 0.855. The lowest BCUT2D eigenvalue weighted by Crippen LogP contribution is -2.22. The molecule has 0 bridgehead atoms. The normalized spacial score (nSPS) is 10.2. The van der Waals surface area contributed by atoms with E-state index in [1.807, 2.05) is 26.1 Å². The van der Waals surface area contributed by atoms with Crippen LogP contribution in [0, 0.1) is 6.92 Å². The SMILES string of the molecule is CNc1cc(Cn2cc(C)cnc2=O)ccn1. The standard InChI is InChI=1S/C12H14N4O/c1-9-6-15-12(17)16(7-9)8-10-3-4-14-11(5-10)13-2/h3-7H,8H2,1-2H3,(H,13,14). The van der Waals surface area contributed by atoms with Gasteiger partial charge >= 0.3 is 5.69 Å². The zero-order chi connectivity index (χ0) is 12.3. The molecular formula is C12H14N4O. The highest BCUT2D eigenvalue weighted by molar-refractivity contribution is 5.36. The first-order valence-corrected chi connectivity index (χ1v) is 5.35. The molecule has 0 radical (unpaired) electrons. The van der Waals surface area contributed by atoms with Gasteiger partial charge in [-0.25, -0.2) is 14.8 Å². The predicted octanol–water partition coefficient (Wildman–Crippen LogP) is 1.04. The van der Waals surface area contributed by atoms with Gasteiger partial charge in [0.05, 0.1) is 6.54 Å². The summed E-state index contributed by atoms with van der Waals surface area (Å²) in [4.78, 5) is 19.5. The van der Waals surface area contributed by atoms with Crippen LogP contribution >= 0.6 is 0 Å². The van der Waals surface area contributed by atoms with Crippen molar-refractivity contribution in [3.63, 3.8) is 0 Å². The summed E-state index contributed by atoms with van der Waals surface area (Å²) in [6, 6.07) is 3.80. The van der Waals surface area contributed by atoms with Crippen molar-refractivity contribution in [1.29, 1.82) is 0 Å². The third-order valence-corrected chi connectivity index (χ3v) is 2.42. The predicted molar refractivity (Wildman–Crippen MR) is 66.1 cm³/mol. The van der Waals surface area contributed by atoms with Crippen molar-refractivity contribution in [2.75, 3.05) is 12.4 Å². The van der Waals surface area contributed by atoms with Gasteiger partial charge in [0.25, 0.3) is 0 Å². The summed E-state index contributed by atoms with van der Waals surface area (Å²) < 4.78 is 1.59. The van der Waals surface area contributed by atoms with Crippen molar-refractivity contribution in [3.05, 3.63) is 52.3 Å². The van der Waals surface area contributed by atoms with E-state index >= 15 is 0 Å². The first kappa shape index (κ1) is 11.3. The third kappa shape index (κ3) is 2.69. The maximum atomic E-state index is 11.6. The minimum atomic E-state index is -0.238. The minimum Gasteiger partial charge on any atom is -0.373 e. The lowest BCUT2D eigenvalue weighted by molar-refractivity contribution is 0.720. The maximum absolute atomic E-state index is 11.6. The number of hydrogen-bond acceptors (Lipinski definition) is 4. The Balaban J connectivity index is 2.31. The molecule has 0 amide bonds. The van der Waals surface area contributed by atoms with E-state index in [0.717, 1.165) is 16.9 Å². The zero-order valence-electron chi connectivity index (χ0n) is 9.84. The van der Waals surface area contributed by atoms with Crippen LogP contribution in [0.3, 0.4) is 0 Å². The molecule has 17 heavy (non-hydrogen) atoms. The van der Waals surface area contributed by atoms with E-state index in [1.165, 1.54) is 0 Å². The summed E-state index contributed by atoms with van der Waals surface area (Å²) in [5.41, 5.74) is 1.74. The first-order chi connectivity index (χ1) is 8.19. The summed E-state index contributed by atoms with van der Waals surface area (Å²) in [6.45, 7) is 2.42. The van der Waals surface area contributed by atoms with Crippen molar-refractivity contribution < 1.29 is 0 Å². The smallest absolute Gasteiger partial charge is 0.347 e. The Morgan fingerprint density at radius 3 is 3.00 bits per heavy atom. The number of anilines is 1. The van der Waals surface area contributed by atoms with Gasteiger partial charge in [-0.05, 0) is 30.2 Å². The summed E-state index contributed by atoms with van der Waals surface area (Å²) in [5, 5.41) is 2.97. The second kappa shape index (κ2) is 4.78. The molecular weight excluding hydrogens is 216 g/mol. The van der Waals surface area contributed by atoms with Crippen LogP contribution in [-0.4, -0.2) is 21.6 Å². The van der Waals surface area contributed by atoms with Gasteiger partial charge in [0, 0.05) is 25.6 Å². The van der Waals surface area contributed by atoms with Gasteiger partial charge in [0.1, 0.15) is 5.82 Å².